The molecule has 2 fully saturated rings. The van der Waals surface area contributed by atoms with E-state index in [2.05, 4.69) is 11.8 Å². The van der Waals surface area contributed by atoms with Crippen molar-refractivity contribution in [2.75, 3.05) is 26.2 Å². The molecule has 2 rings (SSSR count). The maximum absolute atomic E-state index is 5.77. The van der Waals surface area contributed by atoms with Crippen LogP contribution in [-0.2, 0) is 4.74 Å². The SMILES string of the molecule is CCOC1CCCN(C2CCC2CN)C1. The first-order chi connectivity index (χ1) is 7.35. The molecule has 1 aliphatic heterocycles. The number of nitrogens with two attached hydrogens (primary N) is 1. The maximum Gasteiger partial charge on any atom is 0.0702 e. The summed E-state index contributed by atoms with van der Waals surface area (Å²) in [5.74, 6) is 0.755. The molecule has 1 saturated heterocycles. The molecule has 88 valence electrons. The summed E-state index contributed by atoms with van der Waals surface area (Å²) < 4.78 is 5.73. The van der Waals surface area contributed by atoms with Crippen molar-refractivity contribution in [3.05, 3.63) is 0 Å². The Hall–Kier alpha value is -0.120. The predicted octanol–water partition coefficient (Wildman–Crippen LogP) is 1.22. The van der Waals surface area contributed by atoms with Crippen molar-refractivity contribution in [3.8, 4) is 0 Å². The van der Waals surface area contributed by atoms with E-state index in [0.717, 1.165) is 31.7 Å². The van der Waals surface area contributed by atoms with Crippen molar-refractivity contribution in [1.82, 2.24) is 4.90 Å². The molecule has 3 atom stereocenters. The Morgan fingerprint density at radius 2 is 2.20 bits per heavy atom. The van der Waals surface area contributed by atoms with Gasteiger partial charge in [0.25, 0.3) is 0 Å². The Bertz CT molecular complexity index is 194. The van der Waals surface area contributed by atoms with Crippen molar-refractivity contribution in [2.24, 2.45) is 11.7 Å². The molecule has 0 bridgehead atoms. The van der Waals surface area contributed by atoms with Crippen LogP contribution in [0.5, 0.6) is 0 Å². The average molecular weight is 212 g/mol. The summed E-state index contributed by atoms with van der Waals surface area (Å²) >= 11 is 0. The first-order valence-corrected chi connectivity index (χ1v) is 6.40. The Balaban J connectivity index is 1.81. The van der Waals surface area contributed by atoms with E-state index in [1.54, 1.807) is 0 Å². The highest BCUT2D eigenvalue weighted by Crippen LogP contribution is 2.33. The number of rotatable bonds is 4. The molecule has 2 N–H and O–H groups in total. The molecule has 0 amide bonds. The van der Waals surface area contributed by atoms with E-state index in [-0.39, 0.29) is 0 Å². The molecule has 0 aromatic rings. The van der Waals surface area contributed by atoms with Crippen LogP contribution in [0.15, 0.2) is 0 Å². The van der Waals surface area contributed by atoms with Gasteiger partial charge in [0, 0.05) is 19.2 Å². The first kappa shape index (κ1) is 11.4. The minimum atomic E-state index is 0.475. The lowest BCUT2D eigenvalue weighted by Crippen LogP contribution is -2.54. The minimum absolute atomic E-state index is 0.475. The van der Waals surface area contributed by atoms with Gasteiger partial charge in [0.15, 0.2) is 0 Å². The fourth-order valence-corrected chi connectivity index (χ4v) is 2.95. The van der Waals surface area contributed by atoms with Gasteiger partial charge in [-0.2, -0.15) is 0 Å². The smallest absolute Gasteiger partial charge is 0.0702 e. The highest BCUT2D eigenvalue weighted by molar-refractivity contribution is 4.91. The summed E-state index contributed by atoms with van der Waals surface area (Å²) in [6.07, 6.45) is 5.68. The number of piperidine rings is 1. The van der Waals surface area contributed by atoms with Gasteiger partial charge in [0.05, 0.1) is 6.10 Å². The van der Waals surface area contributed by atoms with E-state index >= 15 is 0 Å². The molecular formula is C12H24N2O. The molecule has 0 aromatic carbocycles. The Kier molecular flexibility index (Phi) is 4.00. The summed E-state index contributed by atoms with van der Waals surface area (Å²) in [5.41, 5.74) is 5.77. The molecule has 3 heteroatoms. The molecule has 0 spiro atoms. The zero-order valence-corrected chi connectivity index (χ0v) is 9.82. The van der Waals surface area contributed by atoms with E-state index in [0.29, 0.717) is 6.10 Å². The lowest BCUT2D eigenvalue weighted by Gasteiger charge is -2.47. The van der Waals surface area contributed by atoms with Crippen molar-refractivity contribution in [2.45, 2.75) is 44.8 Å². The van der Waals surface area contributed by atoms with Crippen molar-refractivity contribution >= 4 is 0 Å². The van der Waals surface area contributed by atoms with Gasteiger partial charge in [-0.1, -0.05) is 0 Å². The van der Waals surface area contributed by atoms with Crippen LogP contribution in [0.25, 0.3) is 0 Å². The second-order valence-corrected chi connectivity index (χ2v) is 4.85. The number of nitrogens with zero attached hydrogens (tertiary/aromatic N) is 1. The molecule has 1 saturated carbocycles. The highest BCUT2D eigenvalue weighted by Gasteiger charge is 2.36. The van der Waals surface area contributed by atoms with Gasteiger partial charge >= 0.3 is 0 Å². The van der Waals surface area contributed by atoms with Crippen LogP contribution in [0.4, 0.5) is 0 Å². The van der Waals surface area contributed by atoms with Crippen molar-refractivity contribution in [1.29, 1.82) is 0 Å². The second-order valence-electron chi connectivity index (χ2n) is 4.85. The van der Waals surface area contributed by atoms with Gasteiger partial charge in [0.1, 0.15) is 0 Å². The Morgan fingerprint density at radius 1 is 1.33 bits per heavy atom. The van der Waals surface area contributed by atoms with Crippen LogP contribution in [0.1, 0.15) is 32.6 Å². The van der Waals surface area contributed by atoms with E-state index in [9.17, 15) is 0 Å². The third kappa shape index (κ3) is 2.52. The fraction of sp³-hybridized carbons (Fsp3) is 1.00. The van der Waals surface area contributed by atoms with Crippen LogP contribution in [0, 0.1) is 5.92 Å². The highest BCUT2D eigenvalue weighted by atomic mass is 16.5. The summed E-state index contributed by atoms with van der Waals surface area (Å²) in [7, 11) is 0. The third-order valence-corrected chi connectivity index (χ3v) is 3.96. The summed E-state index contributed by atoms with van der Waals surface area (Å²) in [4.78, 5) is 2.62. The van der Waals surface area contributed by atoms with Gasteiger partial charge in [-0.3, -0.25) is 4.90 Å². The number of likely N-dealkylation sites (tertiary alicyclic amines) is 1. The molecule has 1 aliphatic carbocycles. The lowest BCUT2D eigenvalue weighted by atomic mass is 9.78. The van der Waals surface area contributed by atoms with Crippen LogP contribution in [0.2, 0.25) is 0 Å². The topological polar surface area (TPSA) is 38.5 Å². The molecule has 2 aliphatic rings. The van der Waals surface area contributed by atoms with Crippen LogP contribution < -0.4 is 5.73 Å². The van der Waals surface area contributed by atoms with Gasteiger partial charge in [-0.15, -0.1) is 0 Å². The molecule has 1 heterocycles. The monoisotopic (exact) mass is 212 g/mol. The standard InChI is InChI=1S/C12H24N2O/c1-2-15-11-4-3-7-14(9-11)12-6-5-10(12)8-13/h10-12H,2-9,13H2,1H3. The van der Waals surface area contributed by atoms with Gasteiger partial charge < -0.3 is 10.5 Å². The van der Waals surface area contributed by atoms with Crippen molar-refractivity contribution in [3.63, 3.8) is 0 Å². The lowest BCUT2D eigenvalue weighted by molar-refractivity contribution is -0.0348. The van der Waals surface area contributed by atoms with Crippen LogP contribution in [0.3, 0.4) is 0 Å². The number of hydrogen-bond acceptors (Lipinski definition) is 3. The summed E-state index contributed by atoms with van der Waals surface area (Å²) in [6.45, 7) is 6.19. The first-order valence-electron chi connectivity index (χ1n) is 6.40. The Labute approximate surface area is 93.0 Å². The number of ether oxygens (including phenoxy) is 1. The van der Waals surface area contributed by atoms with Gasteiger partial charge in [-0.05, 0) is 51.6 Å². The maximum atomic E-state index is 5.77. The zero-order valence-electron chi connectivity index (χ0n) is 9.82. The predicted molar refractivity (Wildman–Crippen MR) is 61.8 cm³/mol. The largest absolute Gasteiger partial charge is 0.377 e. The average Bonchev–Trinajstić information content (AvgIpc) is 2.18. The van der Waals surface area contributed by atoms with E-state index in [1.165, 1.54) is 32.2 Å². The van der Waals surface area contributed by atoms with Gasteiger partial charge in [0.2, 0.25) is 0 Å². The van der Waals surface area contributed by atoms with Crippen LogP contribution in [-0.4, -0.2) is 43.3 Å². The normalized spacial score (nSPS) is 37.6. The molecule has 0 radical (unpaired) electrons. The zero-order chi connectivity index (χ0) is 10.7. The second kappa shape index (κ2) is 5.28. The molecule has 0 aromatic heterocycles. The van der Waals surface area contributed by atoms with E-state index < -0.39 is 0 Å². The fourth-order valence-electron chi connectivity index (χ4n) is 2.95. The third-order valence-electron chi connectivity index (χ3n) is 3.96. The van der Waals surface area contributed by atoms with E-state index in [4.69, 9.17) is 10.5 Å². The number of hydrogen-bond donors (Lipinski definition) is 1. The molecule has 3 nitrogen and oxygen atoms in total. The molecule has 3 unspecified atom stereocenters. The minimum Gasteiger partial charge on any atom is -0.377 e. The quantitative estimate of drug-likeness (QED) is 0.761. The molecular weight excluding hydrogens is 188 g/mol. The summed E-state index contributed by atoms with van der Waals surface area (Å²) in [5, 5.41) is 0. The Morgan fingerprint density at radius 3 is 2.80 bits per heavy atom. The van der Waals surface area contributed by atoms with Crippen molar-refractivity contribution < 1.29 is 4.74 Å². The van der Waals surface area contributed by atoms with E-state index in [1.807, 2.05) is 0 Å². The van der Waals surface area contributed by atoms with Crippen LogP contribution >= 0.6 is 0 Å². The van der Waals surface area contributed by atoms with Gasteiger partial charge in [-0.25, -0.2) is 0 Å². The molecule has 15 heavy (non-hydrogen) atoms. The summed E-state index contributed by atoms with van der Waals surface area (Å²) in [6, 6.07) is 0.762.